The van der Waals surface area contributed by atoms with Gasteiger partial charge in [-0.05, 0) is 19.1 Å². The van der Waals surface area contributed by atoms with Gasteiger partial charge in [0.25, 0.3) is 0 Å². The maximum atomic E-state index is 11.8. The van der Waals surface area contributed by atoms with Gasteiger partial charge in [-0.15, -0.1) is 13.2 Å². The van der Waals surface area contributed by atoms with E-state index in [2.05, 4.69) is 4.74 Å². The summed E-state index contributed by atoms with van der Waals surface area (Å²) in [6.07, 6.45) is -4.66. The second kappa shape index (κ2) is 10.7. The van der Waals surface area contributed by atoms with E-state index >= 15 is 0 Å². The van der Waals surface area contributed by atoms with Crippen LogP contribution in [-0.4, -0.2) is 13.0 Å². The highest BCUT2D eigenvalue weighted by molar-refractivity contribution is 5.32. The lowest BCUT2D eigenvalue weighted by molar-refractivity contribution is -0.274. The molecule has 0 N–H and O–H groups in total. The molecule has 0 heterocycles. The van der Waals surface area contributed by atoms with Gasteiger partial charge < -0.3 is 9.47 Å². The molecule has 1 rings (SSSR count). The van der Waals surface area contributed by atoms with E-state index in [1.807, 2.05) is 27.7 Å². The fourth-order valence-corrected chi connectivity index (χ4v) is 0.928. The van der Waals surface area contributed by atoms with Gasteiger partial charge in [0.1, 0.15) is 11.5 Å². The molecule has 0 aliphatic heterocycles. The average molecular weight is 266 g/mol. The van der Waals surface area contributed by atoms with Crippen LogP contribution in [-0.2, 0) is 0 Å². The summed E-state index contributed by atoms with van der Waals surface area (Å²) < 4.78 is 44.1. The summed E-state index contributed by atoms with van der Waals surface area (Å²) >= 11 is 0. The summed E-state index contributed by atoms with van der Waals surface area (Å²) in [5, 5.41) is 0. The third-order valence-corrected chi connectivity index (χ3v) is 1.35. The van der Waals surface area contributed by atoms with E-state index < -0.39 is 6.36 Å². The smallest absolute Gasteiger partial charge is 0.494 e. The fraction of sp³-hybridized carbons (Fsp3) is 0.538. The van der Waals surface area contributed by atoms with Gasteiger partial charge in [0.15, 0.2) is 0 Å². The molecular formula is C13H21F3O2. The molecule has 18 heavy (non-hydrogen) atoms. The van der Waals surface area contributed by atoms with Gasteiger partial charge in [-0.1, -0.05) is 33.8 Å². The Morgan fingerprint density at radius 2 is 1.50 bits per heavy atom. The first-order valence-corrected chi connectivity index (χ1v) is 6.00. The first kappa shape index (κ1) is 19.0. The molecule has 1 aromatic carbocycles. The van der Waals surface area contributed by atoms with Crippen molar-refractivity contribution < 1.29 is 22.6 Å². The Labute approximate surface area is 107 Å². The number of hydrogen-bond acceptors (Lipinski definition) is 2. The number of halogens is 3. The molecule has 0 aliphatic carbocycles. The highest BCUT2D eigenvalue weighted by Crippen LogP contribution is 2.25. The van der Waals surface area contributed by atoms with E-state index in [1.54, 1.807) is 13.0 Å². The van der Waals surface area contributed by atoms with Crippen LogP contribution in [0.3, 0.4) is 0 Å². The third-order valence-electron chi connectivity index (χ3n) is 1.35. The Morgan fingerprint density at radius 3 is 1.94 bits per heavy atom. The van der Waals surface area contributed by atoms with Crippen LogP contribution in [0.5, 0.6) is 11.5 Å². The summed E-state index contributed by atoms with van der Waals surface area (Å²) in [4.78, 5) is 0. The van der Waals surface area contributed by atoms with E-state index in [4.69, 9.17) is 4.74 Å². The molecule has 0 fully saturated rings. The SMILES string of the molecule is CC.CC.CCOc1cccc(OC(F)(F)F)c1. The van der Waals surface area contributed by atoms with Crippen LogP contribution >= 0.6 is 0 Å². The van der Waals surface area contributed by atoms with E-state index in [0.29, 0.717) is 12.4 Å². The van der Waals surface area contributed by atoms with Crippen LogP contribution in [0.4, 0.5) is 13.2 Å². The van der Waals surface area contributed by atoms with Gasteiger partial charge in [0.05, 0.1) is 6.61 Å². The zero-order chi connectivity index (χ0) is 14.6. The lowest BCUT2D eigenvalue weighted by Crippen LogP contribution is -2.17. The van der Waals surface area contributed by atoms with Crippen molar-refractivity contribution in [1.29, 1.82) is 0 Å². The van der Waals surface area contributed by atoms with Crippen molar-refractivity contribution in [3.8, 4) is 11.5 Å². The van der Waals surface area contributed by atoms with Crippen molar-refractivity contribution in [2.45, 2.75) is 41.0 Å². The van der Waals surface area contributed by atoms with Crippen LogP contribution in [0.25, 0.3) is 0 Å². The van der Waals surface area contributed by atoms with Gasteiger partial charge >= 0.3 is 6.36 Å². The highest BCUT2D eigenvalue weighted by Gasteiger charge is 2.31. The maximum Gasteiger partial charge on any atom is 0.573 e. The summed E-state index contributed by atoms with van der Waals surface area (Å²) in [6.45, 7) is 10.1. The molecule has 0 spiro atoms. The van der Waals surface area contributed by atoms with Gasteiger partial charge in [-0.2, -0.15) is 0 Å². The summed E-state index contributed by atoms with van der Waals surface area (Å²) in [7, 11) is 0. The number of ether oxygens (including phenoxy) is 2. The van der Waals surface area contributed by atoms with E-state index in [-0.39, 0.29) is 5.75 Å². The minimum absolute atomic E-state index is 0.275. The zero-order valence-corrected chi connectivity index (χ0v) is 11.5. The molecule has 0 amide bonds. The molecule has 0 saturated carbocycles. The second-order valence-corrected chi connectivity index (χ2v) is 2.46. The number of rotatable bonds is 3. The molecule has 0 radical (unpaired) electrons. The lowest BCUT2D eigenvalue weighted by atomic mass is 10.3. The molecule has 0 bridgehead atoms. The van der Waals surface area contributed by atoms with Crippen molar-refractivity contribution in [3.63, 3.8) is 0 Å². The van der Waals surface area contributed by atoms with Crippen molar-refractivity contribution in [3.05, 3.63) is 24.3 Å². The molecule has 0 saturated heterocycles. The Bertz CT molecular complexity index is 299. The predicted molar refractivity (Wildman–Crippen MR) is 67.0 cm³/mol. The molecule has 1 aromatic rings. The van der Waals surface area contributed by atoms with Crippen molar-refractivity contribution in [1.82, 2.24) is 0 Å². The number of alkyl halides is 3. The van der Waals surface area contributed by atoms with Gasteiger partial charge in [-0.3, -0.25) is 0 Å². The minimum Gasteiger partial charge on any atom is -0.494 e. The zero-order valence-electron chi connectivity index (χ0n) is 11.5. The maximum absolute atomic E-state index is 11.8. The summed E-state index contributed by atoms with van der Waals surface area (Å²) in [5.74, 6) is 0.0812. The largest absolute Gasteiger partial charge is 0.573 e. The standard InChI is InChI=1S/C9H9F3O2.2C2H6/c1-2-13-7-4-3-5-8(6-7)14-9(10,11)12;2*1-2/h3-6H,2H2,1H3;2*1-2H3. The van der Waals surface area contributed by atoms with E-state index in [9.17, 15) is 13.2 Å². The molecule has 0 aliphatic rings. The van der Waals surface area contributed by atoms with Crippen molar-refractivity contribution in [2.75, 3.05) is 6.61 Å². The molecular weight excluding hydrogens is 245 g/mol. The normalized spacial score (nSPS) is 9.33. The second-order valence-electron chi connectivity index (χ2n) is 2.46. The quantitative estimate of drug-likeness (QED) is 0.763. The van der Waals surface area contributed by atoms with Crippen LogP contribution in [0.1, 0.15) is 34.6 Å². The van der Waals surface area contributed by atoms with Crippen LogP contribution in [0, 0.1) is 0 Å². The Hall–Kier alpha value is -1.39. The van der Waals surface area contributed by atoms with Crippen molar-refractivity contribution in [2.24, 2.45) is 0 Å². The van der Waals surface area contributed by atoms with E-state index in [0.717, 1.165) is 0 Å². The summed E-state index contributed by atoms with van der Waals surface area (Å²) in [6, 6.07) is 5.41. The Morgan fingerprint density at radius 1 is 1.00 bits per heavy atom. The van der Waals surface area contributed by atoms with E-state index in [1.165, 1.54) is 18.2 Å². The monoisotopic (exact) mass is 266 g/mol. The van der Waals surface area contributed by atoms with Gasteiger partial charge in [0, 0.05) is 6.07 Å². The average Bonchev–Trinajstić information content (AvgIpc) is 2.33. The van der Waals surface area contributed by atoms with Crippen LogP contribution in [0.15, 0.2) is 24.3 Å². The number of hydrogen-bond donors (Lipinski definition) is 0. The Kier molecular flexibility index (Phi) is 11.3. The summed E-state index contributed by atoms with van der Waals surface area (Å²) in [5.41, 5.74) is 0. The molecule has 0 unspecified atom stereocenters. The van der Waals surface area contributed by atoms with Crippen LogP contribution in [0.2, 0.25) is 0 Å². The topological polar surface area (TPSA) is 18.5 Å². The Balaban J connectivity index is 0. The first-order chi connectivity index (χ1) is 8.51. The predicted octanol–water partition coefficient (Wildman–Crippen LogP) is 5.04. The first-order valence-electron chi connectivity index (χ1n) is 6.00. The molecule has 0 atom stereocenters. The molecule has 106 valence electrons. The lowest BCUT2D eigenvalue weighted by Gasteiger charge is -2.09. The molecule has 0 aromatic heterocycles. The fourth-order valence-electron chi connectivity index (χ4n) is 0.928. The highest BCUT2D eigenvalue weighted by atomic mass is 19.4. The van der Waals surface area contributed by atoms with Crippen LogP contribution < -0.4 is 9.47 Å². The minimum atomic E-state index is -4.66. The molecule has 5 heteroatoms. The van der Waals surface area contributed by atoms with Gasteiger partial charge in [0.2, 0.25) is 0 Å². The third kappa shape index (κ3) is 9.81. The molecule has 2 nitrogen and oxygen atoms in total. The van der Waals surface area contributed by atoms with Gasteiger partial charge in [-0.25, -0.2) is 0 Å². The number of benzene rings is 1. The van der Waals surface area contributed by atoms with Crippen molar-refractivity contribution >= 4 is 0 Å².